The summed E-state index contributed by atoms with van der Waals surface area (Å²) >= 11 is 2.22. The van der Waals surface area contributed by atoms with E-state index in [0.717, 1.165) is 16.2 Å². The number of carboxylic acid groups (broad SMARTS) is 1. The molecule has 2 aliphatic rings. The highest BCUT2D eigenvalue weighted by Gasteiger charge is 2.55. The van der Waals surface area contributed by atoms with Crippen molar-refractivity contribution in [3.8, 4) is 0 Å². The Bertz CT molecular complexity index is 1140. The van der Waals surface area contributed by atoms with Crippen molar-refractivity contribution < 1.29 is 43.4 Å². The average Bonchev–Trinajstić information content (AvgIpc) is 3.26. The molecule has 3 amide bonds. The Labute approximate surface area is 213 Å². The molecular formula is C20H23N5O9S2. The van der Waals surface area contributed by atoms with Gasteiger partial charge in [0.1, 0.15) is 28.5 Å². The number of anilines is 1. The number of β-lactam (4-membered cyclic amide) rings is 1. The van der Waals surface area contributed by atoms with Crippen LogP contribution < -0.4 is 10.6 Å². The molecule has 0 saturated carbocycles. The van der Waals surface area contributed by atoms with Crippen LogP contribution >= 0.6 is 23.1 Å². The van der Waals surface area contributed by atoms with Gasteiger partial charge in [-0.15, -0.1) is 23.1 Å². The topological polar surface area (TPSA) is 186 Å². The van der Waals surface area contributed by atoms with Crippen molar-refractivity contribution in [2.24, 2.45) is 5.16 Å². The fourth-order valence-electron chi connectivity index (χ4n) is 3.18. The second-order valence-corrected chi connectivity index (χ2v) is 10.2. The number of nitrogens with one attached hydrogen (secondary N) is 2. The molecule has 2 atom stereocenters. The minimum atomic E-state index is -1.33. The SMILES string of the molecule is COC1=C(C(=O)O)N2C(=O)C(NC(=O)/C(=N\OCC(=O)OC(C)(C)C)c3csc(NC=O)n3)[C@H]2SC1. The first kappa shape index (κ1) is 26.9. The Morgan fingerprint density at radius 2 is 2.08 bits per heavy atom. The van der Waals surface area contributed by atoms with Gasteiger partial charge in [-0.3, -0.25) is 19.3 Å². The number of carboxylic acids is 1. The van der Waals surface area contributed by atoms with Crippen molar-refractivity contribution in [2.75, 3.05) is 24.8 Å². The molecule has 0 spiro atoms. The number of fused-ring (bicyclic) bond motifs is 1. The van der Waals surface area contributed by atoms with Crippen LogP contribution in [0.2, 0.25) is 0 Å². The summed E-state index contributed by atoms with van der Waals surface area (Å²) in [7, 11) is 1.31. The minimum absolute atomic E-state index is 0.0127. The lowest BCUT2D eigenvalue weighted by Gasteiger charge is -2.48. The Kier molecular flexibility index (Phi) is 8.19. The highest BCUT2D eigenvalue weighted by molar-refractivity contribution is 8.00. The van der Waals surface area contributed by atoms with Crippen molar-refractivity contribution in [1.29, 1.82) is 0 Å². The Balaban J connectivity index is 1.78. The van der Waals surface area contributed by atoms with Gasteiger partial charge < -0.3 is 30.1 Å². The van der Waals surface area contributed by atoms with E-state index in [2.05, 4.69) is 20.8 Å². The number of nitrogens with zero attached hydrogens (tertiary/aromatic N) is 3. The summed E-state index contributed by atoms with van der Waals surface area (Å²) in [5.41, 5.74) is -1.39. The van der Waals surface area contributed by atoms with Crippen LogP contribution in [0.4, 0.5) is 5.13 Å². The molecule has 3 N–H and O–H groups in total. The number of thiazole rings is 1. The summed E-state index contributed by atoms with van der Waals surface area (Å²) in [5, 5.41) is 19.0. The predicted molar refractivity (Wildman–Crippen MR) is 127 cm³/mol. The van der Waals surface area contributed by atoms with Gasteiger partial charge in [0.05, 0.1) is 12.9 Å². The van der Waals surface area contributed by atoms with Crippen molar-refractivity contribution in [1.82, 2.24) is 15.2 Å². The van der Waals surface area contributed by atoms with Gasteiger partial charge in [-0.1, -0.05) is 5.16 Å². The van der Waals surface area contributed by atoms with E-state index >= 15 is 0 Å². The van der Waals surface area contributed by atoms with E-state index in [1.807, 2.05) is 0 Å². The number of methoxy groups -OCH3 is 1. The van der Waals surface area contributed by atoms with Gasteiger partial charge in [0.2, 0.25) is 13.0 Å². The number of carbonyl (C=O) groups excluding carboxylic acids is 4. The standard InChI is InChI=1S/C20H23N5O9S2/c1-20(2,3)34-11(27)5-33-24-12(9-6-36-19(22-9)21-8-26)15(28)23-13-16(29)25-14(18(30)31)10(32-4)7-35-17(13)25/h6,8,13,17H,5,7H2,1-4H3,(H,23,28)(H,30,31)(H,21,22,26)/b24-12-/t13?,17-/m1/s1. The normalized spacial score (nSPS) is 19.6. The van der Waals surface area contributed by atoms with Gasteiger partial charge in [0.25, 0.3) is 11.8 Å². The van der Waals surface area contributed by atoms with Crippen LogP contribution in [0.15, 0.2) is 22.0 Å². The van der Waals surface area contributed by atoms with E-state index in [0.29, 0.717) is 6.41 Å². The van der Waals surface area contributed by atoms with Crippen LogP contribution in [0.3, 0.4) is 0 Å². The lowest BCUT2D eigenvalue weighted by Crippen LogP contribution is -2.71. The molecule has 0 aromatic carbocycles. The molecular weight excluding hydrogens is 518 g/mol. The largest absolute Gasteiger partial charge is 0.498 e. The Morgan fingerprint density at radius 1 is 1.36 bits per heavy atom. The third-order valence-corrected chi connectivity index (χ3v) is 6.60. The lowest BCUT2D eigenvalue weighted by molar-refractivity contribution is -0.160. The minimum Gasteiger partial charge on any atom is -0.498 e. The van der Waals surface area contributed by atoms with E-state index in [1.165, 1.54) is 24.3 Å². The first-order valence-electron chi connectivity index (χ1n) is 10.3. The third-order valence-electron chi connectivity index (χ3n) is 4.57. The van der Waals surface area contributed by atoms with Crippen molar-refractivity contribution >= 4 is 64.1 Å². The number of hydrogen-bond acceptors (Lipinski definition) is 12. The molecule has 1 aromatic rings. The molecule has 2 aliphatic heterocycles. The average molecular weight is 542 g/mol. The van der Waals surface area contributed by atoms with Crippen LogP contribution in [-0.2, 0) is 38.3 Å². The first-order chi connectivity index (χ1) is 17.0. The smallest absolute Gasteiger partial charge is 0.356 e. The number of thioether (sulfide) groups is 1. The lowest BCUT2D eigenvalue weighted by atomic mass is 10.0. The quantitative estimate of drug-likeness (QED) is 0.120. The monoisotopic (exact) mass is 541 g/mol. The molecule has 1 aromatic heterocycles. The second-order valence-electron chi connectivity index (χ2n) is 8.24. The molecule has 14 nitrogen and oxygen atoms in total. The number of aromatic nitrogens is 1. The van der Waals surface area contributed by atoms with E-state index in [9.17, 15) is 29.1 Å². The summed E-state index contributed by atoms with van der Waals surface area (Å²) in [5.74, 6) is -3.24. The maximum atomic E-state index is 13.1. The summed E-state index contributed by atoms with van der Waals surface area (Å²) in [4.78, 5) is 70.2. The Hall–Kier alpha value is -3.66. The van der Waals surface area contributed by atoms with Gasteiger partial charge in [0, 0.05) is 5.38 Å². The van der Waals surface area contributed by atoms with Crippen LogP contribution in [0.1, 0.15) is 26.5 Å². The fraction of sp³-hybridized carbons (Fsp3) is 0.450. The number of hydrogen-bond donors (Lipinski definition) is 3. The molecule has 1 unspecified atom stereocenters. The molecule has 3 rings (SSSR count). The van der Waals surface area contributed by atoms with E-state index in [4.69, 9.17) is 14.3 Å². The highest BCUT2D eigenvalue weighted by atomic mass is 32.2. The molecule has 0 aliphatic carbocycles. The van der Waals surface area contributed by atoms with E-state index < -0.39 is 47.4 Å². The van der Waals surface area contributed by atoms with Crippen molar-refractivity contribution in [2.45, 2.75) is 37.8 Å². The summed E-state index contributed by atoms with van der Waals surface area (Å²) in [6.07, 6.45) is 0.405. The number of ether oxygens (including phenoxy) is 2. The van der Waals surface area contributed by atoms with Crippen molar-refractivity contribution in [3.63, 3.8) is 0 Å². The van der Waals surface area contributed by atoms with Crippen molar-refractivity contribution in [3.05, 3.63) is 22.5 Å². The summed E-state index contributed by atoms with van der Waals surface area (Å²) in [6, 6.07) is -1.06. The zero-order chi connectivity index (χ0) is 26.6. The molecule has 1 fully saturated rings. The fourth-order valence-corrected chi connectivity index (χ4v) is 5.15. The number of rotatable bonds is 10. The maximum absolute atomic E-state index is 13.1. The van der Waals surface area contributed by atoms with Gasteiger partial charge >= 0.3 is 11.9 Å². The number of oxime groups is 1. The van der Waals surface area contributed by atoms with E-state index in [-0.39, 0.29) is 33.7 Å². The molecule has 194 valence electrons. The predicted octanol–water partition coefficient (Wildman–Crippen LogP) is 0.116. The number of esters is 1. The summed E-state index contributed by atoms with van der Waals surface area (Å²) in [6.45, 7) is 4.42. The number of amides is 3. The molecule has 1 saturated heterocycles. The second kappa shape index (κ2) is 10.9. The van der Waals surface area contributed by atoms with Gasteiger partial charge in [-0.25, -0.2) is 14.6 Å². The molecule has 3 heterocycles. The van der Waals surface area contributed by atoms with Gasteiger partial charge in [0.15, 0.2) is 16.5 Å². The maximum Gasteiger partial charge on any atom is 0.356 e. The van der Waals surface area contributed by atoms with Crippen LogP contribution in [0.5, 0.6) is 0 Å². The molecule has 0 bridgehead atoms. The Morgan fingerprint density at radius 3 is 2.69 bits per heavy atom. The third kappa shape index (κ3) is 5.93. The van der Waals surface area contributed by atoms with Crippen LogP contribution in [0, 0.1) is 0 Å². The first-order valence-corrected chi connectivity index (χ1v) is 12.2. The number of carbonyl (C=O) groups is 5. The van der Waals surface area contributed by atoms with Crippen LogP contribution in [0.25, 0.3) is 0 Å². The zero-order valence-electron chi connectivity index (χ0n) is 19.6. The van der Waals surface area contributed by atoms with Crippen LogP contribution in [-0.4, -0.2) is 87.4 Å². The highest BCUT2D eigenvalue weighted by Crippen LogP contribution is 2.40. The zero-order valence-corrected chi connectivity index (χ0v) is 21.2. The summed E-state index contributed by atoms with van der Waals surface area (Å²) < 4.78 is 10.2. The van der Waals surface area contributed by atoms with Gasteiger partial charge in [-0.05, 0) is 20.8 Å². The number of aliphatic carboxylic acids is 1. The molecule has 16 heteroatoms. The van der Waals surface area contributed by atoms with E-state index in [1.54, 1.807) is 20.8 Å². The molecule has 36 heavy (non-hydrogen) atoms. The molecule has 0 radical (unpaired) electrons. The van der Waals surface area contributed by atoms with Gasteiger partial charge in [-0.2, -0.15) is 0 Å².